The van der Waals surface area contributed by atoms with E-state index in [9.17, 15) is 9.90 Å². The van der Waals surface area contributed by atoms with Gasteiger partial charge < -0.3 is 5.11 Å². The first-order valence-electron chi connectivity index (χ1n) is 8.11. The lowest BCUT2D eigenvalue weighted by Gasteiger charge is -2.49. The van der Waals surface area contributed by atoms with Crippen molar-refractivity contribution >= 4 is 27.8 Å². The number of ketones is 1. The zero-order valence-electron chi connectivity index (χ0n) is 13.2. The molecular formula is C19H23BrO2. The largest absolute Gasteiger partial charge is 0.393 e. The van der Waals surface area contributed by atoms with Crippen LogP contribution in [0.25, 0.3) is 6.08 Å². The number of halogens is 1. The number of aliphatic hydroxyl groups is 1. The smallest absolute Gasteiger partial charge is 0.165 e. The van der Waals surface area contributed by atoms with Crippen LogP contribution in [0.15, 0.2) is 34.3 Å². The zero-order chi connectivity index (χ0) is 15.9. The fraction of sp³-hybridized carbons (Fsp3) is 0.526. The zero-order valence-corrected chi connectivity index (χ0v) is 14.8. The summed E-state index contributed by atoms with van der Waals surface area (Å²) in [5.74, 6) is 0.827. The minimum Gasteiger partial charge on any atom is -0.393 e. The molecule has 0 radical (unpaired) electrons. The van der Waals surface area contributed by atoms with Crippen molar-refractivity contribution in [3.05, 3.63) is 39.9 Å². The van der Waals surface area contributed by atoms with Crippen molar-refractivity contribution in [2.24, 2.45) is 17.3 Å². The van der Waals surface area contributed by atoms with Gasteiger partial charge in [0.1, 0.15) is 0 Å². The molecule has 4 atom stereocenters. The topological polar surface area (TPSA) is 37.3 Å². The van der Waals surface area contributed by atoms with E-state index in [4.69, 9.17) is 0 Å². The average molecular weight is 363 g/mol. The van der Waals surface area contributed by atoms with Crippen LogP contribution in [0.3, 0.4) is 0 Å². The molecule has 2 nitrogen and oxygen atoms in total. The van der Waals surface area contributed by atoms with Crippen LogP contribution in [0.4, 0.5) is 0 Å². The van der Waals surface area contributed by atoms with Crippen LogP contribution in [-0.4, -0.2) is 17.0 Å². The molecule has 0 spiro atoms. The van der Waals surface area contributed by atoms with E-state index in [1.165, 1.54) is 0 Å². The molecule has 0 aliphatic heterocycles. The van der Waals surface area contributed by atoms with Crippen LogP contribution in [-0.2, 0) is 4.79 Å². The summed E-state index contributed by atoms with van der Waals surface area (Å²) < 4.78 is 1.05. The molecule has 118 valence electrons. The first-order valence-corrected chi connectivity index (χ1v) is 8.90. The lowest BCUT2D eigenvalue weighted by molar-refractivity contribution is -0.137. The van der Waals surface area contributed by atoms with Crippen molar-refractivity contribution in [2.75, 3.05) is 0 Å². The second-order valence-electron chi connectivity index (χ2n) is 7.08. The highest BCUT2D eigenvalue weighted by Gasteiger charge is 2.51. The molecule has 0 bridgehead atoms. The van der Waals surface area contributed by atoms with Gasteiger partial charge in [0.05, 0.1) is 6.10 Å². The molecule has 2 unspecified atom stereocenters. The summed E-state index contributed by atoms with van der Waals surface area (Å²) in [5.41, 5.74) is 1.74. The minimum absolute atomic E-state index is 0.219. The van der Waals surface area contributed by atoms with E-state index in [0.29, 0.717) is 11.7 Å². The molecule has 2 saturated carbocycles. The van der Waals surface area contributed by atoms with Gasteiger partial charge in [-0.3, -0.25) is 4.79 Å². The van der Waals surface area contributed by atoms with Crippen LogP contribution >= 0.6 is 15.9 Å². The highest BCUT2D eigenvalue weighted by atomic mass is 79.9. The van der Waals surface area contributed by atoms with E-state index >= 15 is 0 Å². The van der Waals surface area contributed by atoms with Crippen molar-refractivity contribution in [3.63, 3.8) is 0 Å². The van der Waals surface area contributed by atoms with Crippen molar-refractivity contribution in [1.82, 2.24) is 0 Å². The maximum absolute atomic E-state index is 13.0. The quantitative estimate of drug-likeness (QED) is 0.740. The lowest BCUT2D eigenvalue weighted by atomic mass is 9.55. The van der Waals surface area contributed by atoms with Gasteiger partial charge in [-0.15, -0.1) is 0 Å². The van der Waals surface area contributed by atoms with E-state index in [0.717, 1.165) is 41.3 Å². The van der Waals surface area contributed by atoms with Gasteiger partial charge in [-0.05, 0) is 66.9 Å². The Morgan fingerprint density at radius 3 is 2.64 bits per heavy atom. The van der Waals surface area contributed by atoms with Gasteiger partial charge in [-0.2, -0.15) is 0 Å². The molecule has 1 aromatic carbocycles. The number of fused-ring (bicyclic) bond motifs is 1. The number of Topliss-reactive ketones (excluding diaryl/α,β-unsaturated/α-hetero) is 1. The number of allylic oxidation sites excluding steroid dienone is 1. The number of carbonyl (C=O) groups is 1. The van der Waals surface area contributed by atoms with Crippen molar-refractivity contribution in [1.29, 1.82) is 0 Å². The molecule has 0 aromatic heterocycles. The highest BCUT2D eigenvalue weighted by molar-refractivity contribution is 9.10. The highest BCUT2D eigenvalue weighted by Crippen LogP contribution is 2.52. The Morgan fingerprint density at radius 2 is 1.95 bits per heavy atom. The maximum atomic E-state index is 13.0. The third-order valence-corrected chi connectivity index (χ3v) is 6.29. The molecule has 3 heteroatoms. The molecule has 2 aliphatic rings. The van der Waals surface area contributed by atoms with E-state index in [-0.39, 0.29) is 17.4 Å². The van der Waals surface area contributed by atoms with Gasteiger partial charge in [0, 0.05) is 9.89 Å². The normalized spacial score (nSPS) is 37.2. The second kappa shape index (κ2) is 5.93. The summed E-state index contributed by atoms with van der Waals surface area (Å²) >= 11 is 3.44. The van der Waals surface area contributed by atoms with Gasteiger partial charge in [0.2, 0.25) is 0 Å². The number of aliphatic hydroxyl groups excluding tert-OH is 1. The Hall–Kier alpha value is -0.930. The van der Waals surface area contributed by atoms with Gasteiger partial charge >= 0.3 is 0 Å². The van der Waals surface area contributed by atoms with E-state index in [1.807, 2.05) is 30.3 Å². The maximum Gasteiger partial charge on any atom is 0.165 e. The molecule has 1 aromatic rings. The Morgan fingerprint density at radius 1 is 1.27 bits per heavy atom. The average Bonchev–Trinajstić information content (AvgIpc) is 2.50. The molecular weight excluding hydrogens is 340 g/mol. The van der Waals surface area contributed by atoms with E-state index in [1.54, 1.807) is 0 Å². The third kappa shape index (κ3) is 2.69. The van der Waals surface area contributed by atoms with Crippen molar-refractivity contribution < 1.29 is 9.90 Å². The first-order chi connectivity index (χ1) is 10.4. The second-order valence-corrected chi connectivity index (χ2v) is 7.99. The number of carbonyl (C=O) groups excluding carboxylic acids is 1. The predicted octanol–water partition coefficient (Wildman–Crippen LogP) is 4.61. The summed E-state index contributed by atoms with van der Waals surface area (Å²) in [7, 11) is 0. The fourth-order valence-electron chi connectivity index (χ4n) is 4.30. The molecule has 1 N–H and O–H groups in total. The monoisotopic (exact) mass is 362 g/mol. The Balaban J connectivity index is 1.89. The summed E-state index contributed by atoms with van der Waals surface area (Å²) in [6.07, 6.45) is 5.18. The number of benzene rings is 1. The molecule has 22 heavy (non-hydrogen) atoms. The Labute approximate surface area is 140 Å². The van der Waals surface area contributed by atoms with E-state index < -0.39 is 0 Å². The molecule has 3 rings (SSSR count). The summed E-state index contributed by atoms with van der Waals surface area (Å²) in [4.78, 5) is 13.0. The third-order valence-electron chi connectivity index (χ3n) is 5.77. The number of hydrogen-bond acceptors (Lipinski definition) is 2. The summed E-state index contributed by atoms with van der Waals surface area (Å²) in [6, 6.07) is 8.07. The Kier molecular flexibility index (Phi) is 4.30. The summed E-state index contributed by atoms with van der Waals surface area (Å²) in [5, 5.41) is 10.1. The van der Waals surface area contributed by atoms with Gasteiger partial charge in [-0.25, -0.2) is 0 Å². The molecule has 0 amide bonds. The van der Waals surface area contributed by atoms with Crippen LogP contribution in [0, 0.1) is 17.3 Å². The standard InChI is InChI=1S/C19H23BrO2/c1-12-16-8-5-14(11-13-3-6-15(20)7-4-13)18(22)19(16,2)10-9-17(12)21/h3-4,6-7,11-12,16-17,21H,5,8-10H2,1-2H3/b14-11+/t12-,16?,17?,19-/m0/s1. The first kappa shape index (κ1) is 15.9. The van der Waals surface area contributed by atoms with Crippen LogP contribution < -0.4 is 0 Å². The van der Waals surface area contributed by atoms with Crippen LogP contribution in [0.5, 0.6) is 0 Å². The molecule has 2 aliphatic carbocycles. The predicted molar refractivity (Wildman–Crippen MR) is 92.4 cm³/mol. The fourth-order valence-corrected chi connectivity index (χ4v) is 4.56. The van der Waals surface area contributed by atoms with Gasteiger partial charge in [0.25, 0.3) is 0 Å². The van der Waals surface area contributed by atoms with Gasteiger partial charge in [0.15, 0.2) is 5.78 Å². The van der Waals surface area contributed by atoms with Crippen LogP contribution in [0.1, 0.15) is 45.1 Å². The SMILES string of the molecule is C[C@@H]1C(O)CC[C@]2(C)C(=O)/C(=C/c3ccc(Br)cc3)CCC12. The molecule has 2 fully saturated rings. The Bertz CT molecular complexity index is 604. The van der Waals surface area contributed by atoms with Crippen molar-refractivity contribution in [3.8, 4) is 0 Å². The molecule has 0 heterocycles. The minimum atomic E-state index is -0.294. The number of hydrogen-bond donors (Lipinski definition) is 1. The lowest BCUT2D eigenvalue weighted by Crippen LogP contribution is -2.50. The van der Waals surface area contributed by atoms with Crippen molar-refractivity contribution in [2.45, 2.75) is 45.6 Å². The van der Waals surface area contributed by atoms with Crippen LogP contribution in [0.2, 0.25) is 0 Å². The number of rotatable bonds is 1. The van der Waals surface area contributed by atoms with Gasteiger partial charge in [-0.1, -0.05) is 41.9 Å². The molecule has 0 saturated heterocycles. The van der Waals surface area contributed by atoms with E-state index in [2.05, 4.69) is 29.8 Å². The summed E-state index contributed by atoms with van der Waals surface area (Å²) in [6.45, 7) is 4.21.